The molecular weight excluding hydrogens is 392 g/mol. The number of fused-ring (bicyclic) bond motifs is 1. The first-order valence-corrected chi connectivity index (χ1v) is 9.90. The number of hydrogen-bond donors (Lipinski definition) is 1. The summed E-state index contributed by atoms with van der Waals surface area (Å²) in [6.07, 6.45) is -0.986. The molecular formula is C21H18N2O5S. The molecule has 0 bridgehead atoms. The van der Waals surface area contributed by atoms with Gasteiger partial charge in [0.05, 0.1) is 11.3 Å². The number of benzene rings is 2. The lowest BCUT2D eigenvalue weighted by atomic mass is 10.2. The van der Waals surface area contributed by atoms with Crippen molar-refractivity contribution < 1.29 is 23.8 Å². The molecule has 0 aliphatic carbocycles. The van der Waals surface area contributed by atoms with Crippen molar-refractivity contribution in [2.24, 2.45) is 0 Å². The SMILES string of the molecule is C[C@H](OC(=O)c1ccc2c(c1)OCCO2)C(=O)Nc1nc(-c2ccccc2)cs1. The van der Waals surface area contributed by atoms with E-state index in [9.17, 15) is 9.59 Å². The zero-order chi connectivity index (χ0) is 20.2. The molecule has 2 heterocycles. The molecule has 0 saturated carbocycles. The number of nitrogens with zero attached hydrogens (tertiary/aromatic N) is 1. The number of ether oxygens (including phenoxy) is 3. The maximum atomic E-state index is 12.4. The molecule has 148 valence electrons. The van der Waals surface area contributed by atoms with Crippen LogP contribution in [0.3, 0.4) is 0 Å². The molecule has 0 fully saturated rings. The third-order valence-corrected chi connectivity index (χ3v) is 4.99. The fraction of sp³-hybridized carbons (Fsp3) is 0.190. The number of carbonyl (C=O) groups is 2. The molecule has 1 aliphatic rings. The van der Waals surface area contributed by atoms with Gasteiger partial charge >= 0.3 is 5.97 Å². The van der Waals surface area contributed by atoms with Crippen LogP contribution in [-0.4, -0.2) is 36.2 Å². The van der Waals surface area contributed by atoms with Crippen LogP contribution in [0.5, 0.6) is 11.5 Å². The summed E-state index contributed by atoms with van der Waals surface area (Å²) in [5.74, 6) is -0.00537. The van der Waals surface area contributed by atoms with Gasteiger partial charge in [-0.3, -0.25) is 10.1 Å². The van der Waals surface area contributed by atoms with E-state index in [2.05, 4.69) is 10.3 Å². The molecule has 3 aromatic rings. The Bertz CT molecular complexity index is 1030. The monoisotopic (exact) mass is 410 g/mol. The normalized spacial score (nSPS) is 13.4. The van der Waals surface area contributed by atoms with Crippen LogP contribution in [-0.2, 0) is 9.53 Å². The van der Waals surface area contributed by atoms with E-state index in [1.165, 1.54) is 18.3 Å². The van der Waals surface area contributed by atoms with Gasteiger partial charge in [0.25, 0.3) is 5.91 Å². The predicted octanol–water partition coefficient (Wildman–Crippen LogP) is 3.77. The van der Waals surface area contributed by atoms with Gasteiger partial charge in [-0.1, -0.05) is 30.3 Å². The predicted molar refractivity (Wildman–Crippen MR) is 108 cm³/mol. The lowest BCUT2D eigenvalue weighted by Gasteiger charge is -2.19. The minimum atomic E-state index is -0.986. The molecule has 2 aromatic carbocycles. The van der Waals surface area contributed by atoms with E-state index in [1.807, 2.05) is 35.7 Å². The van der Waals surface area contributed by atoms with Crippen molar-refractivity contribution in [3.63, 3.8) is 0 Å². The third-order valence-electron chi connectivity index (χ3n) is 4.23. The molecule has 4 rings (SSSR count). The summed E-state index contributed by atoms with van der Waals surface area (Å²) < 4.78 is 16.2. The highest BCUT2D eigenvalue weighted by molar-refractivity contribution is 7.14. The summed E-state index contributed by atoms with van der Waals surface area (Å²) >= 11 is 1.31. The standard InChI is InChI=1S/C21H18N2O5S/c1-13(28-20(25)15-7-8-17-18(11-15)27-10-9-26-17)19(24)23-21-22-16(12-29-21)14-5-3-2-4-6-14/h2-8,11-13H,9-10H2,1H3,(H,22,23,24)/t13-/m0/s1. The van der Waals surface area contributed by atoms with Crippen molar-refractivity contribution in [2.75, 3.05) is 18.5 Å². The van der Waals surface area contributed by atoms with Crippen LogP contribution in [0.2, 0.25) is 0 Å². The number of nitrogens with one attached hydrogen (secondary N) is 1. The van der Waals surface area contributed by atoms with Crippen LogP contribution in [0.4, 0.5) is 5.13 Å². The van der Waals surface area contributed by atoms with Gasteiger partial charge in [0.15, 0.2) is 22.7 Å². The number of carbonyl (C=O) groups excluding carboxylic acids is 2. The molecule has 1 aromatic heterocycles. The van der Waals surface area contributed by atoms with Gasteiger partial charge in [0.2, 0.25) is 0 Å². The molecule has 0 spiro atoms. The average molecular weight is 410 g/mol. The third kappa shape index (κ3) is 4.38. The number of rotatable bonds is 5. The number of esters is 1. The van der Waals surface area contributed by atoms with Crippen molar-refractivity contribution >= 4 is 28.3 Å². The van der Waals surface area contributed by atoms with Crippen LogP contribution in [0.25, 0.3) is 11.3 Å². The smallest absolute Gasteiger partial charge is 0.339 e. The summed E-state index contributed by atoms with van der Waals surface area (Å²) in [4.78, 5) is 29.2. The molecule has 1 aliphatic heterocycles. The van der Waals surface area contributed by atoms with Crippen LogP contribution in [0.15, 0.2) is 53.9 Å². The van der Waals surface area contributed by atoms with E-state index in [0.29, 0.717) is 29.8 Å². The second kappa shape index (κ2) is 8.32. The second-order valence-electron chi connectivity index (χ2n) is 6.30. The minimum Gasteiger partial charge on any atom is -0.486 e. The van der Waals surface area contributed by atoms with Crippen LogP contribution < -0.4 is 14.8 Å². The van der Waals surface area contributed by atoms with Gasteiger partial charge in [0, 0.05) is 10.9 Å². The summed E-state index contributed by atoms with van der Waals surface area (Å²) in [6.45, 7) is 2.40. The zero-order valence-electron chi connectivity index (χ0n) is 15.6. The van der Waals surface area contributed by atoms with Crippen LogP contribution >= 0.6 is 11.3 Å². The molecule has 0 radical (unpaired) electrons. The van der Waals surface area contributed by atoms with Gasteiger partial charge in [0.1, 0.15) is 13.2 Å². The van der Waals surface area contributed by atoms with E-state index < -0.39 is 18.0 Å². The maximum absolute atomic E-state index is 12.4. The Balaban J connectivity index is 1.37. The Kier molecular flexibility index (Phi) is 5.44. The number of thiazole rings is 1. The number of aromatic nitrogens is 1. The molecule has 1 amide bonds. The van der Waals surface area contributed by atoms with Crippen molar-refractivity contribution in [3.05, 3.63) is 59.5 Å². The second-order valence-corrected chi connectivity index (χ2v) is 7.16. The summed E-state index contributed by atoms with van der Waals surface area (Å²) in [5, 5.41) is 4.98. The lowest BCUT2D eigenvalue weighted by Crippen LogP contribution is -2.30. The first-order valence-electron chi connectivity index (χ1n) is 9.02. The Labute approximate surface area is 171 Å². The van der Waals surface area contributed by atoms with Gasteiger partial charge in [-0.25, -0.2) is 9.78 Å². The summed E-state index contributed by atoms with van der Waals surface area (Å²) in [5.41, 5.74) is 2.02. The van der Waals surface area contributed by atoms with E-state index in [-0.39, 0.29) is 5.56 Å². The van der Waals surface area contributed by atoms with E-state index in [4.69, 9.17) is 14.2 Å². The van der Waals surface area contributed by atoms with Crippen molar-refractivity contribution in [2.45, 2.75) is 13.0 Å². The average Bonchev–Trinajstić information content (AvgIpc) is 3.22. The van der Waals surface area contributed by atoms with Crippen LogP contribution in [0, 0.1) is 0 Å². The van der Waals surface area contributed by atoms with Gasteiger partial charge in [-0.2, -0.15) is 0 Å². The molecule has 0 saturated heterocycles. The number of amides is 1. The summed E-state index contributed by atoms with van der Waals surface area (Å²) in [7, 11) is 0. The molecule has 1 N–H and O–H groups in total. The molecule has 7 nitrogen and oxygen atoms in total. The number of anilines is 1. The highest BCUT2D eigenvalue weighted by Crippen LogP contribution is 2.31. The Morgan fingerprint density at radius 2 is 1.86 bits per heavy atom. The minimum absolute atomic E-state index is 0.287. The Morgan fingerprint density at radius 3 is 2.66 bits per heavy atom. The van der Waals surface area contributed by atoms with E-state index in [1.54, 1.807) is 18.2 Å². The van der Waals surface area contributed by atoms with Crippen molar-refractivity contribution in [1.29, 1.82) is 0 Å². The first kappa shape index (κ1) is 18.9. The summed E-state index contributed by atoms with van der Waals surface area (Å²) in [6, 6.07) is 14.4. The molecule has 0 unspecified atom stereocenters. The van der Waals surface area contributed by atoms with Gasteiger partial charge < -0.3 is 14.2 Å². The first-order chi connectivity index (χ1) is 14.1. The quantitative estimate of drug-likeness (QED) is 0.645. The fourth-order valence-corrected chi connectivity index (χ4v) is 3.45. The Morgan fingerprint density at radius 1 is 1.10 bits per heavy atom. The van der Waals surface area contributed by atoms with Gasteiger partial charge in [-0.15, -0.1) is 11.3 Å². The highest BCUT2D eigenvalue weighted by Gasteiger charge is 2.22. The fourth-order valence-electron chi connectivity index (χ4n) is 2.73. The highest BCUT2D eigenvalue weighted by atomic mass is 32.1. The van der Waals surface area contributed by atoms with Crippen molar-refractivity contribution in [3.8, 4) is 22.8 Å². The Hall–Kier alpha value is -3.39. The number of hydrogen-bond acceptors (Lipinski definition) is 7. The molecule has 29 heavy (non-hydrogen) atoms. The lowest BCUT2D eigenvalue weighted by molar-refractivity contribution is -0.123. The van der Waals surface area contributed by atoms with E-state index in [0.717, 1.165) is 11.3 Å². The van der Waals surface area contributed by atoms with Gasteiger partial charge in [-0.05, 0) is 25.1 Å². The zero-order valence-corrected chi connectivity index (χ0v) is 16.4. The van der Waals surface area contributed by atoms with E-state index >= 15 is 0 Å². The van der Waals surface area contributed by atoms with Crippen LogP contribution in [0.1, 0.15) is 17.3 Å². The molecule has 8 heteroatoms. The van der Waals surface area contributed by atoms with Crippen molar-refractivity contribution in [1.82, 2.24) is 4.98 Å². The molecule has 1 atom stereocenters. The maximum Gasteiger partial charge on any atom is 0.339 e. The largest absolute Gasteiger partial charge is 0.486 e. The topological polar surface area (TPSA) is 86.8 Å².